The molecule has 2 heterocycles. The van der Waals surface area contributed by atoms with Crippen LogP contribution in [0.3, 0.4) is 0 Å². The summed E-state index contributed by atoms with van der Waals surface area (Å²) in [6.07, 6.45) is 4.72. The van der Waals surface area contributed by atoms with Gasteiger partial charge in [-0.25, -0.2) is 0 Å². The smallest absolute Gasteiger partial charge is 0.0644 e. The van der Waals surface area contributed by atoms with Gasteiger partial charge >= 0.3 is 0 Å². The van der Waals surface area contributed by atoms with Crippen molar-refractivity contribution in [3.63, 3.8) is 0 Å². The fourth-order valence-electron chi connectivity index (χ4n) is 3.83. The first-order valence-corrected chi connectivity index (χ1v) is 7.64. The minimum absolute atomic E-state index is 0.0390. The van der Waals surface area contributed by atoms with Crippen molar-refractivity contribution in [1.82, 2.24) is 9.80 Å². The van der Waals surface area contributed by atoms with Gasteiger partial charge in [0.25, 0.3) is 0 Å². The van der Waals surface area contributed by atoms with Gasteiger partial charge in [-0.05, 0) is 60.2 Å². The summed E-state index contributed by atoms with van der Waals surface area (Å²) < 4.78 is 5.89. The van der Waals surface area contributed by atoms with Gasteiger partial charge in [0.05, 0.1) is 5.60 Å². The number of nitrogens with two attached hydrogens (primary N) is 1. The molecule has 0 saturated carbocycles. The normalized spacial score (nSPS) is 36.6. The van der Waals surface area contributed by atoms with Crippen LogP contribution in [0.15, 0.2) is 0 Å². The van der Waals surface area contributed by atoms with E-state index in [2.05, 4.69) is 37.7 Å². The van der Waals surface area contributed by atoms with Crippen LogP contribution in [0.1, 0.15) is 39.5 Å². The zero-order valence-corrected chi connectivity index (χ0v) is 13.1. The number of hydrogen-bond donors (Lipinski definition) is 1. The lowest BCUT2D eigenvalue weighted by Crippen LogP contribution is -2.64. The van der Waals surface area contributed by atoms with Gasteiger partial charge in [-0.2, -0.15) is 0 Å². The minimum Gasteiger partial charge on any atom is -0.375 e. The van der Waals surface area contributed by atoms with Crippen molar-refractivity contribution in [2.45, 2.75) is 56.7 Å². The highest BCUT2D eigenvalue weighted by atomic mass is 16.5. The number of ether oxygens (including phenoxy) is 1. The average molecular weight is 269 g/mol. The fraction of sp³-hybridized carbons (Fsp3) is 1.00. The van der Waals surface area contributed by atoms with Gasteiger partial charge in [-0.1, -0.05) is 0 Å². The Morgan fingerprint density at radius 1 is 1.37 bits per heavy atom. The van der Waals surface area contributed by atoms with Crippen molar-refractivity contribution in [3.8, 4) is 0 Å². The Morgan fingerprint density at radius 3 is 2.68 bits per heavy atom. The van der Waals surface area contributed by atoms with Crippen molar-refractivity contribution in [2.75, 3.05) is 40.3 Å². The van der Waals surface area contributed by atoms with E-state index < -0.39 is 0 Å². The summed E-state index contributed by atoms with van der Waals surface area (Å²) in [6.45, 7) is 8.33. The van der Waals surface area contributed by atoms with E-state index in [9.17, 15) is 0 Å². The Kier molecular flexibility index (Phi) is 4.56. The highest BCUT2D eigenvalue weighted by Crippen LogP contribution is 2.37. The van der Waals surface area contributed by atoms with E-state index >= 15 is 0 Å². The molecule has 2 rings (SSSR count). The van der Waals surface area contributed by atoms with Gasteiger partial charge in [0.1, 0.15) is 0 Å². The second-order valence-corrected chi connectivity index (χ2v) is 7.17. The molecule has 19 heavy (non-hydrogen) atoms. The SMILES string of the molecule is CN(C)C1CCCN(C2(CN)CCOC(C)(C)C2)C1. The maximum absolute atomic E-state index is 6.20. The second kappa shape index (κ2) is 5.68. The molecule has 2 atom stereocenters. The molecule has 0 aliphatic carbocycles. The topological polar surface area (TPSA) is 41.7 Å². The third-order valence-corrected chi connectivity index (χ3v) is 4.99. The maximum atomic E-state index is 6.20. The molecule has 0 radical (unpaired) electrons. The van der Waals surface area contributed by atoms with Gasteiger partial charge in [-0.3, -0.25) is 4.90 Å². The number of rotatable bonds is 3. The Morgan fingerprint density at radius 2 is 2.11 bits per heavy atom. The van der Waals surface area contributed by atoms with Crippen molar-refractivity contribution < 1.29 is 4.74 Å². The molecule has 0 bridgehead atoms. The third-order valence-electron chi connectivity index (χ3n) is 4.99. The molecule has 2 fully saturated rings. The van der Waals surface area contributed by atoms with Crippen LogP contribution in [0.5, 0.6) is 0 Å². The summed E-state index contributed by atoms with van der Waals surface area (Å²) in [6, 6.07) is 0.670. The molecular weight excluding hydrogens is 238 g/mol. The van der Waals surface area contributed by atoms with Crippen LogP contribution in [0.2, 0.25) is 0 Å². The zero-order valence-electron chi connectivity index (χ0n) is 13.1. The maximum Gasteiger partial charge on any atom is 0.0644 e. The average Bonchev–Trinajstić information content (AvgIpc) is 2.37. The van der Waals surface area contributed by atoms with Crippen molar-refractivity contribution in [3.05, 3.63) is 0 Å². The number of likely N-dealkylation sites (N-methyl/N-ethyl adjacent to an activating group) is 1. The van der Waals surface area contributed by atoms with Crippen LogP contribution in [0, 0.1) is 0 Å². The highest BCUT2D eigenvalue weighted by molar-refractivity contribution is 5.01. The molecule has 2 aliphatic heterocycles. The molecule has 0 spiro atoms. The quantitative estimate of drug-likeness (QED) is 0.838. The van der Waals surface area contributed by atoms with E-state index in [0.717, 1.165) is 32.5 Å². The predicted molar refractivity (Wildman–Crippen MR) is 79.3 cm³/mol. The van der Waals surface area contributed by atoms with Crippen LogP contribution < -0.4 is 5.73 Å². The van der Waals surface area contributed by atoms with Crippen molar-refractivity contribution in [2.24, 2.45) is 5.73 Å². The van der Waals surface area contributed by atoms with Gasteiger partial charge in [0, 0.05) is 31.3 Å². The first-order valence-electron chi connectivity index (χ1n) is 7.64. The van der Waals surface area contributed by atoms with Crippen molar-refractivity contribution in [1.29, 1.82) is 0 Å². The summed E-state index contributed by atoms with van der Waals surface area (Å²) in [5.74, 6) is 0. The standard InChI is InChI=1S/C15H31N3O/c1-14(2)11-15(12-16,7-9-19-14)18-8-5-6-13(10-18)17(3)4/h13H,5-12,16H2,1-4H3. The summed E-state index contributed by atoms with van der Waals surface area (Å²) in [7, 11) is 4.38. The van der Waals surface area contributed by atoms with Crippen molar-refractivity contribution >= 4 is 0 Å². The molecule has 0 amide bonds. The second-order valence-electron chi connectivity index (χ2n) is 7.17. The minimum atomic E-state index is -0.0390. The van der Waals surface area contributed by atoms with Gasteiger partial charge in [0.2, 0.25) is 0 Å². The van der Waals surface area contributed by atoms with Crippen LogP contribution >= 0.6 is 0 Å². The summed E-state index contributed by atoms with van der Waals surface area (Å²) in [5, 5.41) is 0. The molecule has 112 valence electrons. The molecular formula is C15H31N3O. The Labute approximate surface area is 118 Å². The van der Waals surface area contributed by atoms with E-state index in [0.29, 0.717) is 6.04 Å². The summed E-state index contributed by atoms with van der Waals surface area (Å²) in [4.78, 5) is 5.02. The molecule has 4 nitrogen and oxygen atoms in total. The Balaban J connectivity index is 2.12. The Hall–Kier alpha value is -0.160. The van der Waals surface area contributed by atoms with Gasteiger partial charge in [-0.15, -0.1) is 0 Å². The summed E-state index contributed by atoms with van der Waals surface area (Å²) >= 11 is 0. The molecule has 0 aromatic rings. The number of nitrogens with zero attached hydrogens (tertiary/aromatic N) is 2. The fourth-order valence-corrected chi connectivity index (χ4v) is 3.83. The molecule has 0 aromatic carbocycles. The molecule has 2 saturated heterocycles. The monoisotopic (exact) mass is 269 g/mol. The lowest BCUT2D eigenvalue weighted by molar-refractivity contribution is -0.125. The van der Waals surface area contributed by atoms with E-state index in [4.69, 9.17) is 10.5 Å². The largest absolute Gasteiger partial charge is 0.375 e. The summed E-state index contributed by atoms with van der Waals surface area (Å²) in [5.41, 5.74) is 6.31. The number of hydrogen-bond acceptors (Lipinski definition) is 4. The lowest BCUT2D eigenvalue weighted by atomic mass is 9.78. The highest BCUT2D eigenvalue weighted by Gasteiger charge is 2.45. The molecule has 2 unspecified atom stereocenters. The molecule has 0 aromatic heterocycles. The first kappa shape index (κ1) is 15.2. The van der Waals surface area contributed by atoms with Crippen LogP contribution in [0.25, 0.3) is 0 Å². The van der Waals surface area contributed by atoms with E-state index in [1.54, 1.807) is 0 Å². The zero-order chi connectivity index (χ0) is 14.1. The molecule has 2 N–H and O–H groups in total. The van der Waals surface area contributed by atoms with E-state index in [1.165, 1.54) is 19.4 Å². The van der Waals surface area contributed by atoms with Crippen LogP contribution in [-0.4, -0.2) is 67.3 Å². The lowest BCUT2D eigenvalue weighted by Gasteiger charge is -2.53. The Bertz CT molecular complexity index is 306. The van der Waals surface area contributed by atoms with Gasteiger partial charge in [0.15, 0.2) is 0 Å². The van der Waals surface area contributed by atoms with E-state index in [-0.39, 0.29) is 11.1 Å². The van der Waals surface area contributed by atoms with Crippen LogP contribution in [-0.2, 0) is 4.74 Å². The molecule has 4 heteroatoms. The van der Waals surface area contributed by atoms with Gasteiger partial charge < -0.3 is 15.4 Å². The predicted octanol–water partition coefficient (Wildman–Crippen LogP) is 1.30. The number of likely N-dealkylation sites (tertiary alicyclic amines) is 1. The molecule has 2 aliphatic rings. The number of piperidine rings is 1. The van der Waals surface area contributed by atoms with E-state index in [1.807, 2.05) is 0 Å². The third kappa shape index (κ3) is 3.30. The van der Waals surface area contributed by atoms with Crippen LogP contribution in [0.4, 0.5) is 0 Å². The first-order chi connectivity index (χ1) is 8.88.